The van der Waals surface area contributed by atoms with E-state index in [1.54, 1.807) is 0 Å². The zero-order chi connectivity index (χ0) is 14.5. The number of nitrogens with two attached hydrogens (primary N) is 1. The number of primary amides is 1. The molecule has 0 aliphatic heterocycles. The number of carbonyl (C=O) groups excluding carboxylic acids is 1. The maximum absolute atomic E-state index is 11.7. The van der Waals surface area contributed by atoms with Crippen molar-refractivity contribution in [3.8, 4) is 0 Å². The third-order valence-corrected chi connectivity index (χ3v) is 3.42. The van der Waals surface area contributed by atoms with Crippen molar-refractivity contribution in [1.29, 1.82) is 0 Å². The number of nitrogens with one attached hydrogen (secondary N) is 1. The van der Waals surface area contributed by atoms with Gasteiger partial charge in [-0.3, -0.25) is 10.1 Å². The van der Waals surface area contributed by atoms with E-state index in [1.807, 2.05) is 61.5 Å². The second-order valence-corrected chi connectivity index (χ2v) is 5.13. The maximum atomic E-state index is 11.7. The van der Waals surface area contributed by atoms with E-state index < -0.39 is 11.9 Å². The van der Waals surface area contributed by atoms with E-state index in [0.29, 0.717) is 5.02 Å². The fourth-order valence-corrected chi connectivity index (χ4v) is 2.31. The Balaban J connectivity index is 2.19. The number of amides is 1. The summed E-state index contributed by atoms with van der Waals surface area (Å²) in [5.41, 5.74) is 7.37. The van der Waals surface area contributed by atoms with Crippen molar-refractivity contribution in [2.45, 2.75) is 19.0 Å². The van der Waals surface area contributed by atoms with Gasteiger partial charge in [0, 0.05) is 11.1 Å². The lowest BCUT2D eigenvalue weighted by molar-refractivity contribution is -0.120. The van der Waals surface area contributed by atoms with Crippen molar-refractivity contribution in [2.75, 3.05) is 0 Å². The highest BCUT2D eigenvalue weighted by Crippen LogP contribution is 2.21. The fourth-order valence-electron chi connectivity index (χ4n) is 2.11. The molecular weight excluding hydrogens is 272 g/mol. The van der Waals surface area contributed by atoms with Crippen molar-refractivity contribution in [3.05, 3.63) is 70.7 Å². The van der Waals surface area contributed by atoms with Gasteiger partial charge in [-0.2, -0.15) is 0 Å². The van der Waals surface area contributed by atoms with Crippen LogP contribution >= 0.6 is 11.6 Å². The van der Waals surface area contributed by atoms with Gasteiger partial charge in [-0.1, -0.05) is 54.1 Å². The third kappa shape index (κ3) is 3.59. The van der Waals surface area contributed by atoms with Crippen LogP contribution in [0.3, 0.4) is 0 Å². The second kappa shape index (κ2) is 6.55. The van der Waals surface area contributed by atoms with E-state index in [4.69, 9.17) is 17.3 Å². The second-order valence-electron chi connectivity index (χ2n) is 4.69. The molecule has 3 nitrogen and oxygen atoms in total. The first-order valence-electron chi connectivity index (χ1n) is 6.43. The molecule has 4 heteroatoms. The lowest BCUT2D eigenvalue weighted by Crippen LogP contribution is -2.35. The Morgan fingerprint density at radius 1 is 1.10 bits per heavy atom. The van der Waals surface area contributed by atoms with Crippen molar-refractivity contribution >= 4 is 17.5 Å². The molecule has 1 amide bonds. The van der Waals surface area contributed by atoms with Crippen LogP contribution in [0.15, 0.2) is 54.6 Å². The minimum Gasteiger partial charge on any atom is -0.368 e. The van der Waals surface area contributed by atoms with Crippen LogP contribution in [0.2, 0.25) is 5.02 Å². The molecule has 0 bridgehead atoms. The molecule has 2 atom stereocenters. The molecule has 0 fully saturated rings. The molecule has 0 saturated heterocycles. The Labute approximate surface area is 123 Å². The highest BCUT2D eigenvalue weighted by atomic mass is 35.5. The summed E-state index contributed by atoms with van der Waals surface area (Å²) in [4.78, 5) is 11.7. The lowest BCUT2D eigenvalue weighted by atomic mass is 10.0. The topological polar surface area (TPSA) is 55.1 Å². The predicted molar refractivity (Wildman–Crippen MR) is 81.4 cm³/mol. The first-order chi connectivity index (χ1) is 9.58. The van der Waals surface area contributed by atoms with Gasteiger partial charge in [-0.25, -0.2) is 0 Å². The summed E-state index contributed by atoms with van der Waals surface area (Å²) in [5, 5.41) is 3.92. The first kappa shape index (κ1) is 14.6. The minimum atomic E-state index is -0.523. The number of carbonyl (C=O) groups is 1. The van der Waals surface area contributed by atoms with Crippen LogP contribution in [0.25, 0.3) is 0 Å². The van der Waals surface area contributed by atoms with Crippen LogP contribution in [-0.4, -0.2) is 5.91 Å². The number of rotatable bonds is 5. The molecule has 3 N–H and O–H groups in total. The molecule has 0 aliphatic carbocycles. The molecule has 0 radical (unpaired) electrons. The van der Waals surface area contributed by atoms with E-state index in [-0.39, 0.29) is 6.04 Å². The van der Waals surface area contributed by atoms with E-state index in [2.05, 4.69) is 5.32 Å². The Morgan fingerprint density at radius 3 is 2.35 bits per heavy atom. The monoisotopic (exact) mass is 288 g/mol. The lowest BCUT2D eigenvalue weighted by Gasteiger charge is -2.21. The zero-order valence-electron chi connectivity index (χ0n) is 11.2. The molecule has 2 aromatic carbocycles. The van der Waals surface area contributed by atoms with Crippen molar-refractivity contribution in [2.24, 2.45) is 5.73 Å². The summed E-state index contributed by atoms with van der Waals surface area (Å²) < 4.78 is 0. The van der Waals surface area contributed by atoms with Crippen LogP contribution < -0.4 is 11.1 Å². The molecule has 0 aliphatic rings. The van der Waals surface area contributed by atoms with E-state index in [1.165, 1.54) is 0 Å². The minimum absolute atomic E-state index is 0.0357. The average Bonchev–Trinajstić information content (AvgIpc) is 2.45. The molecule has 0 saturated carbocycles. The quantitative estimate of drug-likeness (QED) is 0.887. The van der Waals surface area contributed by atoms with Gasteiger partial charge in [0.25, 0.3) is 0 Å². The van der Waals surface area contributed by atoms with E-state index in [0.717, 1.165) is 11.1 Å². The summed E-state index contributed by atoms with van der Waals surface area (Å²) in [6.45, 7) is 1.98. The maximum Gasteiger partial charge on any atom is 0.239 e. The summed E-state index contributed by atoms with van der Waals surface area (Å²) in [5.74, 6) is -0.398. The number of halogens is 1. The molecule has 0 aromatic heterocycles. The zero-order valence-corrected chi connectivity index (χ0v) is 12.0. The van der Waals surface area contributed by atoms with Crippen LogP contribution in [-0.2, 0) is 4.79 Å². The standard InChI is InChI=1S/C16H17ClN2O/c1-11(13-8-5-9-14(17)10-13)19-15(16(18)20)12-6-3-2-4-7-12/h2-11,15,19H,1H3,(H2,18,20). The van der Waals surface area contributed by atoms with Crippen LogP contribution in [0.4, 0.5) is 0 Å². The van der Waals surface area contributed by atoms with Gasteiger partial charge in [0.1, 0.15) is 6.04 Å². The largest absolute Gasteiger partial charge is 0.368 e. The van der Waals surface area contributed by atoms with Gasteiger partial charge in [-0.15, -0.1) is 0 Å². The smallest absolute Gasteiger partial charge is 0.239 e. The van der Waals surface area contributed by atoms with E-state index >= 15 is 0 Å². The van der Waals surface area contributed by atoms with Crippen LogP contribution in [0.5, 0.6) is 0 Å². The van der Waals surface area contributed by atoms with Gasteiger partial charge in [-0.05, 0) is 30.2 Å². The molecule has 0 heterocycles. The summed E-state index contributed by atoms with van der Waals surface area (Å²) in [7, 11) is 0. The predicted octanol–water partition coefficient (Wildman–Crippen LogP) is 3.22. The Morgan fingerprint density at radius 2 is 1.75 bits per heavy atom. The Hall–Kier alpha value is -1.84. The number of hydrogen-bond donors (Lipinski definition) is 2. The molecule has 2 unspecified atom stereocenters. The Kier molecular flexibility index (Phi) is 4.77. The number of hydrogen-bond acceptors (Lipinski definition) is 2. The van der Waals surface area contributed by atoms with Crippen molar-refractivity contribution < 1.29 is 4.79 Å². The van der Waals surface area contributed by atoms with E-state index in [9.17, 15) is 4.79 Å². The molecule has 0 spiro atoms. The summed E-state index contributed by atoms with van der Waals surface area (Å²) >= 11 is 5.99. The highest BCUT2D eigenvalue weighted by Gasteiger charge is 2.20. The van der Waals surface area contributed by atoms with Gasteiger partial charge in [0.15, 0.2) is 0 Å². The SMILES string of the molecule is CC(NC(C(N)=O)c1ccccc1)c1cccc(Cl)c1. The van der Waals surface area contributed by atoms with Gasteiger partial charge in [0.2, 0.25) is 5.91 Å². The molecule has 2 aromatic rings. The summed E-state index contributed by atoms with van der Waals surface area (Å²) in [6.07, 6.45) is 0. The molecular formula is C16H17ClN2O. The number of benzene rings is 2. The first-order valence-corrected chi connectivity index (χ1v) is 6.81. The van der Waals surface area contributed by atoms with Crippen molar-refractivity contribution in [3.63, 3.8) is 0 Å². The molecule has 2 rings (SSSR count). The molecule has 104 valence electrons. The van der Waals surface area contributed by atoms with Crippen LogP contribution in [0.1, 0.15) is 30.1 Å². The molecule has 20 heavy (non-hydrogen) atoms. The van der Waals surface area contributed by atoms with Gasteiger partial charge in [0.05, 0.1) is 0 Å². The summed E-state index contributed by atoms with van der Waals surface area (Å²) in [6, 6.07) is 16.4. The normalized spacial score (nSPS) is 13.7. The Bertz CT molecular complexity index is 586. The van der Waals surface area contributed by atoms with Gasteiger partial charge >= 0.3 is 0 Å². The van der Waals surface area contributed by atoms with Crippen LogP contribution in [0, 0.1) is 0 Å². The average molecular weight is 289 g/mol. The third-order valence-electron chi connectivity index (χ3n) is 3.18. The highest BCUT2D eigenvalue weighted by molar-refractivity contribution is 6.30. The fraction of sp³-hybridized carbons (Fsp3) is 0.188. The van der Waals surface area contributed by atoms with Gasteiger partial charge < -0.3 is 5.73 Å². The van der Waals surface area contributed by atoms with Crippen molar-refractivity contribution in [1.82, 2.24) is 5.32 Å².